The molecule has 0 aromatic heterocycles. The van der Waals surface area contributed by atoms with Gasteiger partial charge < -0.3 is 5.32 Å². The van der Waals surface area contributed by atoms with Crippen LogP contribution in [0.5, 0.6) is 0 Å². The lowest BCUT2D eigenvalue weighted by molar-refractivity contribution is -0.384. The van der Waals surface area contributed by atoms with Crippen LogP contribution in [0.25, 0.3) is 0 Å². The summed E-state index contributed by atoms with van der Waals surface area (Å²) >= 11 is 0. The van der Waals surface area contributed by atoms with Crippen molar-refractivity contribution in [2.24, 2.45) is 5.14 Å². The standard InChI is InChI=1S/C9H13N3O4S/c1-7-6-8(12(13)14)2-3-9(7)11-4-5-17(10,15)16/h2-3,6,11H,4-5H2,1H3,(H2,10,15,16). The van der Waals surface area contributed by atoms with Crippen LogP contribution in [0.2, 0.25) is 0 Å². The molecule has 0 spiro atoms. The Hall–Kier alpha value is -1.67. The van der Waals surface area contributed by atoms with E-state index in [-0.39, 0.29) is 18.0 Å². The number of nitro benzene ring substituents is 1. The first-order valence-electron chi connectivity index (χ1n) is 4.79. The number of nitrogens with zero attached hydrogens (tertiary/aromatic N) is 1. The Balaban J connectivity index is 2.70. The molecule has 1 rings (SSSR count). The zero-order chi connectivity index (χ0) is 13.1. The Morgan fingerprint density at radius 3 is 2.59 bits per heavy atom. The van der Waals surface area contributed by atoms with Crippen LogP contribution >= 0.6 is 0 Å². The summed E-state index contributed by atoms with van der Waals surface area (Å²) < 4.78 is 21.4. The van der Waals surface area contributed by atoms with Gasteiger partial charge in [0.2, 0.25) is 10.0 Å². The van der Waals surface area contributed by atoms with Crippen LogP contribution in [0.15, 0.2) is 18.2 Å². The molecule has 1 aromatic rings. The maximum Gasteiger partial charge on any atom is 0.269 e. The molecule has 1 aromatic carbocycles. The first kappa shape index (κ1) is 13.4. The third kappa shape index (κ3) is 4.37. The van der Waals surface area contributed by atoms with Gasteiger partial charge >= 0.3 is 0 Å². The van der Waals surface area contributed by atoms with Gasteiger partial charge in [0.25, 0.3) is 5.69 Å². The minimum Gasteiger partial charge on any atom is -0.384 e. The van der Waals surface area contributed by atoms with E-state index >= 15 is 0 Å². The van der Waals surface area contributed by atoms with Gasteiger partial charge in [-0.15, -0.1) is 0 Å². The van der Waals surface area contributed by atoms with E-state index in [4.69, 9.17) is 5.14 Å². The molecule has 0 fully saturated rings. The second kappa shape index (κ2) is 5.11. The van der Waals surface area contributed by atoms with Crippen molar-refractivity contribution < 1.29 is 13.3 Å². The summed E-state index contributed by atoms with van der Waals surface area (Å²) in [6.45, 7) is 1.86. The fraction of sp³-hybridized carbons (Fsp3) is 0.333. The summed E-state index contributed by atoms with van der Waals surface area (Å²) in [5.74, 6) is -0.191. The molecule has 0 aliphatic heterocycles. The van der Waals surface area contributed by atoms with Crippen molar-refractivity contribution in [1.29, 1.82) is 0 Å². The predicted molar refractivity (Wildman–Crippen MR) is 64.3 cm³/mol. The average Bonchev–Trinajstić information content (AvgIpc) is 2.18. The number of anilines is 1. The molecule has 0 radical (unpaired) electrons. The molecule has 0 amide bonds. The van der Waals surface area contributed by atoms with Crippen molar-refractivity contribution in [1.82, 2.24) is 0 Å². The number of aryl methyl sites for hydroxylation is 1. The van der Waals surface area contributed by atoms with Crippen LogP contribution in [0.3, 0.4) is 0 Å². The Morgan fingerprint density at radius 1 is 1.47 bits per heavy atom. The quantitative estimate of drug-likeness (QED) is 0.593. The molecule has 0 atom stereocenters. The van der Waals surface area contributed by atoms with Gasteiger partial charge in [0.15, 0.2) is 0 Å². The highest BCUT2D eigenvalue weighted by molar-refractivity contribution is 7.89. The van der Waals surface area contributed by atoms with Crippen LogP contribution in [0.1, 0.15) is 5.56 Å². The summed E-state index contributed by atoms with van der Waals surface area (Å²) in [6.07, 6.45) is 0. The summed E-state index contributed by atoms with van der Waals surface area (Å²) in [7, 11) is -3.50. The molecule has 0 aliphatic rings. The number of hydrogen-bond acceptors (Lipinski definition) is 5. The van der Waals surface area contributed by atoms with E-state index in [1.165, 1.54) is 18.2 Å². The zero-order valence-electron chi connectivity index (χ0n) is 9.21. The number of sulfonamides is 1. The maximum absolute atomic E-state index is 10.7. The predicted octanol–water partition coefficient (Wildman–Crippen LogP) is 0.604. The van der Waals surface area contributed by atoms with Crippen molar-refractivity contribution in [2.75, 3.05) is 17.6 Å². The molecule has 0 saturated heterocycles. The minimum atomic E-state index is -3.50. The normalized spacial score (nSPS) is 11.2. The third-order valence-electron chi connectivity index (χ3n) is 2.12. The van der Waals surface area contributed by atoms with Crippen LogP contribution in [0, 0.1) is 17.0 Å². The molecule has 3 N–H and O–H groups in total. The van der Waals surface area contributed by atoms with Crippen molar-refractivity contribution in [2.45, 2.75) is 6.92 Å². The van der Waals surface area contributed by atoms with Crippen molar-refractivity contribution in [3.63, 3.8) is 0 Å². The number of benzene rings is 1. The number of rotatable bonds is 5. The summed E-state index contributed by atoms with van der Waals surface area (Å²) in [6, 6.07) is 4.31. The van der Waals surface area contributed by atoms with Gasteiger partial charge in [-0.2, -0.15) is 0 Å². The molecule has 0 heterocycles. The van der Waals surface area contributed by atoms with E-state index < -0.39 is 14.9 Å². The minimum absolute atomic E-state index is 0.000466. The van der Waals surface area contributed by atoms with Gasteiger partial charge in [0.05, 0.1) is 10.7 Å². The molecule has 7 nitrogen and oxygen atoms in total. The Bertz CT molecular complexity index is 527. The van der Waals surface area contributed by atoms with Crippen molar-refractivity contribution in [3.05, 3.63) is 33.9 Å². The number of hydrogen-bond donors (Lipinski definition) is 2. The van der Waals surface area contributed by atoms with Gasteiger partial charge in [-0.1, -0.05) is 0 Å². The first-order chi connectivity index (χ1) is 7.79. The summed E-state index contributed by atoms with van der Waals surface area (Å²) in [5, 5.41) is 18.2. The molecule has 8 heteroatoms. The first-order valence-corrected chi connectivity index (χ1v) is 6.50. The molecule has 0 saturated carbocycles. The fourth-order valence-electron chi connectivity index (χ4n) is 1.29. The van der Waals surface area contributed by atoms with E-state index in [9.17, 15) is 18.5 Å². The van der Waals surface area contributed by atoms with Gasteiger partial charge in [0.1, 0.15) is 0 Å². The molecule has 0 unspecified atom stereocenters. The Labute approximate surface area is 98.8 Å². The second-order valence-corrected chi connectivity index (χ2v) is 5.28. The molecule has 0 aliphatic carbocycles. The molecule has 0 bridgehead atoms. The van der Waals surface area contributed by atoms with Gasteiger partial charge in [-0.05, 0) is 18.6 Å². The van der Waals surface area contributed by atoms with Gasteiger partial charge in [0, 0.05) is 24.4 Å². The highest BCUT2D eigenvalue weighted by Crippen LogP contribution is 2.20. The van der Waals surface area contributed by atoms with Crippen molar-refractivity contribution in [3.8, 4) is 0 Å². The van der Waals surface area contributed by atoms with Crippen molar-refractivity contribution >= 4 is 21.4 Å². The topological polar surface area (TPSA) is 115 Å². The molecular formula is C9H13N3O4S. The Kier molecular flexibility index (Phi) is 4.02. The number of primary sulfonamides is 1. The lowest BCUT2D eigenvalue weighted by atomic mass is 10.2. The van der Waals surface area contributed by atoms with E-state index in [0.717, 1.165) is 0 Å². The third-order valence-corrected chi connectivity index (χ3v) is 2.90. The van der Waals surface area contributed by atoms with Gasteiger partial charge in [-0.3, -0.25) is 10.1 Å². The number of non-ortho nitro benzene ring substituents is 1. The second-order valence-electron chi connectivity index (χ2n) is 3.55. The van der Waals surface area contributed by atoms with Crippen LogP contribution in [-0.4, -0.2) is 25.6 Å². The maximum atomic E-state index is 10.7. The van der Waals surface area contributed by atoms with Gasteiger partial charge in [-0.25, -0.2) is 13.6 Å². The van der Waals surface area contributed by atoms with Crippen LogP contribution < -0.4 is 10.5 Å². The monoisotopic (exact) mass is 259 g/mol. The highest BCUT2D eigenvalue weighted by Gasteiger charge is 2.08. The van der Waals surface area contributed by atoms with E-state index in [1.54, 1.807) is 6.92 Å². The molecule has 94 valence electrons. The smallest absolute Gasteiger partial charge is 0.269 e. The van der Waals surface area contributed by atoms with Crippen LogP contribution in [0.4, 0.5) is 11.4 Å². The largest absolute Gasteiger partial charge is 0.384 e. The molecular weight excluding hydrogens is 246 g/mol. The fourth-order valence-corrected chi connectivity index (χ4v) is 1.67. The van der Waals surface area contributed by atoms with E-state index in [2.05, 4.69) is 5.32 Å². The highest BCUT2D eigenvalue weighted by atomic mass is 32.2. The number of nitro groups is 1. The van der Waals surface area contributed by atoms with E-state index in [0.29, 0.717) is 11.3 Å². The lowest BCUT2D eigenvalue weighted by Crippen LogP contribution is -2.22. The molecule has 17 heavy (non-hydrogen) atoms. The zero-order valence-corrected chi connectivity index (χ0v) is 10.0. The number of nitrogens with one attached hydrogen (secondary N) is 1. The average molecular weight is 259 g/mol. The number of nitrogens with two attached hydrogens (primary N) is 1. The lowest BCUT2D eigenvalue weighted by Gasteiger charge is -2.08. The summed E-state index contributed by atoms with van der Waals surface area (Å²) in [4.78, 5) is 10.0. The van der Waals surface area contributed by atoms with E-state index in [1.807, 2.05) is 0 Å². The Morgan fingerprint density at radius 2 is 2.12 bits per heavy atom. The SMILES string of the molecule is Cc1cc([N+](=O)[O-])ccc1NCCS(N)(=O)=O. The van der Waals surface area contributed by atoms with Crippen LogP contribution in [-0.2, 0) is 10.0 Å². The summed E-state index contributed by atoms with van der Waals surface area (Å²) in [5.41, 5.74) is 1.33.